The fraction of sp³-hybridized carbons (Fsp3) is 0.371. The van der Waals surface area contributed by atoms with Crippen molar-refractivity contribution in [3.05, 3.63) is 84.4 Å². The molecule has 3 aromatic rings. The summed E-state index contributed by atoms with van der Waals surface area (Å²) in [5, 5.41) is 5.40. The second-order valence-electron chi connectivity index (χ2n) is 11.2. The Kier molecular flexibility index (Phi) is 12.4. The van der Waals surface area contributed by atoms with Crippen LogP contribution in [0, 0.1) is 5.92 Å². The zero-order valence-electron chi connectivity index (χ0n) is 26.0. The number of nitrogens with zero attached hydrogens (tertiary/aromatic N) is 2. The zero-order chi connectivity index (χ0) is 32.0. The number of methoxy groups -OCH3 is 1. The molecule has 238 valence electrons. The first kappa shape index (κ1) is 33.0. The fourth-order valence-corrected chi connectivity index (χ4v) is 5.40. The summed E-state index contributed by atoms with van der Waals surface area (Å²) in [6.07, 6.45) is 6.71. The lowest BCUT2D eigenvalue weighted by atomic mass is 9.99. The van der Waals surface area contributed by atoms with Crippen molar-refractivity contribution in [3.63, 3.8) is 0 Å². The van der Waals surface area contributed by atoms with Crippen LogP contribution in [0.2, 0.25) is 0 Å². The van der Waals surface area contributed by atoms with Gasteiger partial charge in [0.15, 0.2) is 6.61 Å². The van der Waals surface area contributed by atoms with Crippen molar-refractivity contribution in [3.8, 4) is 5.75 Å². The predicted octanol–water partition coefficient (Wildman–Crippen LogP) is 5.57. The minimum atomic E-state index is -0.549. The monoisotopic (exact) mass is 614 g/mol. The van der Waals surface area contributed by atoms with Crippen LogP contribution in [-0.2, 0) is 25.5 Å². The third-order valence-electron chi connectivity index (χ3n) is 7.90. The van der Waals surface area contributed by atoms with Crippen LogP contribution in [0.4, 0.5) is 21.9 Å². The summed E-state index contributed by atoms with van der Waals surface area (Å²) < 4.78 is 10.7. The number of amides is 4. The van der Waals surface area contributed by atoms with E-state index < -0.39 is 6.03 Å². The van der Waals surface area contributed by atoms with Gasteiger partial charge in [0.05, 0.1) is 25.8 Å². The number of benzene rings is 3. The molecule has 0 heterocycles. The van der Waals surface area contributed by atoms with Gasteiger partial charge in [0, 0.05) is 25.0 Å². The number of likely N-dealkylation sites (N-methyl/N-ethyl adjacent to an activating group) is 1. The van der Waals surface area contributed by atoms with E-state index in [9.17, 15) is 19.2 Å². The summed E-state index contributed by atoms with van der Waals surface area (Å²) >= 11 is 0. The lowest BCUT2D eigenvalue weighted by Gasteiger charge is -2.29. The van der Waals surface area contributed by atoms with Gasteiger partial charge in [0.2, 0.25) is 5.91 Å². The van der Waals surface area contributed by atoms with Crippen LogP contribution in [0.1, 0.15) is 44.1 Å². The molecule has 0 atom stereocenters. The van der Waals surface area contributed by atoms with E-state index in [0.29, 0.717) is 35.2 Å². The Balaban J connectivity index is 1.45. The molecule has 10 nitrogen and oxygen atoms in total. The van der Waals surface area contributed by atoms with Gasteiger partial charge in [-0.05, 0) is 60.7 Å². The third kappa shape index (κ3) is 10.1. The number of esters is 1. The van der Waals surface area contributed by atoms with E-state index in [1.165, 1.54) is 24.9 Å². The van der Waals surface area contributed by atoms with E-state index in [1.54, 1.807) is 48.3 Å². The molecule has 0 unspecified atom stereocenters. The van der Waals surface area contributed by atoms with Gasteiger partial charge in [-0.1, -0.05) is 68.1 Å². The maximum Gasteiger partial charge on any atom is 0.319 e. The van der Waals surface area contributed by atoms with E-state index in [2.05, 4.69) is 10.6 Å². The van der Waals surface area contributed by atoms with Crippen LogP contribution in [0.3, 0.4) is 0 Å². The summed E-state index contributed by atoms with van der Waals surface area (Å²) in [5.74, 6) is -0.181. The molecule has 45 heavy (non-hydrogen) atoms. The molecule has 4 amide bonds. The van der Waals surface area contributed by atoms with Gasteiger partial charge < -0.3 is 29.9 Å². The minimum Gasteiger partial charge on any atom is -0.482 e. The Morgan fingerprint density at radius 3 is 2.29 bits per heavy atom. The van der Waals surface area contributed by atoms with Crippen molar-refractivity contribution >= 4 is 40.9 Å². The van der Waals surface area contributed by atoms with Crippen LogP contribution in [0.25, 0.3) is 0 Å². The largest absolute Gasteiger partial charge is 0.482 e. The summed E-state index contributed by atoms with van der Waals surface area (Å²) in [7, 11) is 3.02. The van der Waals surface area contributed by atoms with Crippen LogP contribution in [-0.4, -0.2) is 57.7 Å². The van der Waals surface area contributed by atoms with Crippen molar-refractivity contribution in [2.24, 2.45) is 5.92 Å². The summed E-state index contributed by atoms with van der Waals surface area (Å²) in [4.78, 5) is 54.3. The van der Waals surface area contributed by atoms with Gasteiger partial charge in [-0.3, -0.25) is 14.4 Å². The van der Waals surface area contributed by atoms with Crippen LogP contribution < -0.4 is 25.2 Å². The van der Waals surface area contributed by atoms with Gasteiger partial charge in [-0.2, -0.15) is 0 Å². The van der Waals surface area contributed by atoms with E-state index in [-0.39, 0.29) is 37.4 Å². The maximum atomic E-state index is 13.8. The number of ether oxygens (including phenoxy) is 2. The molecule has 4 rings (SSSR count). The number of hydrogen-bond acceptors (Lipinski definition) is 6. The van der Waals surface area contributed by atoms with Crippen molar-refractivity contribution < 1.29 is 28.7 Å². The molecule has 3 aromatic carbocycles. The normalized spacial score (nSPS) is 13.2. The fourth-order valence-electron chi connectivity index (χ4n) is 5.40. The molecule has 0 aliphatic heterocycles. The molecule has 1 aliphatic carbocycles. The topological polar surface area (TPSA) is 117 Å². The molecular formula is C35H42N4O6. The number of para-hydroxylation sites is 3. The van der Waals surface area contributed by atoms with Crippen molar-refractivity contribution in [2.75, 3.05) is 49.0 Å². The Morgan fingerprint density at radius 1 is 0.844 bits per heavy atom. The molecule has 2 N–H and O–H groups in total. The molecule has 0 aromatic heterocycles. The highest BCUT2D eigenvalue weighted by Gasteiger charge is 2.25. The van der Waals surface area contributed by atoms with Gasteiger partial charge in [-0.15, -0.1) is 0 Å². The Morgan fingerprint density at radius 2 is 1.56 bits per heavy atom. The number of rotatable bonds is 12. The number of hydrogen-bond donors (Lipinski definition) is 2. The Labute approximate surface area is 264 Å². The summed E-state index contributed by atoms with van der Waals surface area (Å²) in [6, 6.07) is 22.8. The average Bonchev–Trinajstić information content (AvgIpc) is 3.34. The number of carbonyl (C=O) groups excluding carboxylic acids is 4. The molecule has 1 fully saturated rings. The van der Waals surface area contributed by atoms with Gasteiger partial charge >= 0.3 is 12.0 Å². The highest BCUT2D eigenvalue weighted by atomic mass is 16.5. The Hall–Kier alpha value is -4.86. The summed E-state index contributed by atoms with van der Waals surface area (Å²) in [5.41, 5.74) is 2.49. The van der Waals surface area contributed by atoms with Gasteiger partial charge in [0.1, 0.15) is 5.75 Å². The molecular weight excluding hydrogens is 572 g/mol. The summed E-state index contributed by atoms with van der Waals surface area (Å²) in [6.45, 7) is 0.0317. The van der Waals surface area contributed by atoms with Crippen molar-refractivity contribution in [1.29, 1.82) is 0 Å². The third-order valence-corrected chi connectivity index (χ3v) is 7.90. The van der Waals surface area contributed by atoms with Crippen molar-refractivity contribution in [2.45, 2.75) is 44.9 Å². The first-order chi connectivity index (χ1) is 21.8. The number of nitrogens with one attached hydrogen (secondary N) is 2. The molecule has 0 bridgehead atoms. The molecule has 1 saturated carbocycles. The lowest BCUT2D eigenvalue weighted by Crippen LogP contribution is -2.43. The molecule has 1 aliphatic rings. The molecule has 0 spiro atoms. The van der Waals surface area contributed by atoms with Crippen LogP contribution >= 0.6 is 0 Å². The SMILES string of the molecule is COC(=O)Cc1cccc(NC(=O)NCC(=O)N(CC2CCCCCC2)c2ccccc2OCC(=O)N(C)c2ccccc2)c1. The highest BCUT2D eigenvalue weighted by Crippen LogP contribution is 2.32. The van der Waals surface area contributed by atoms with E-state index in [4.69, 9.17) is 9.47 Å². The van der Waals surface area contributed by atoms with E-state index in [1.807, 2.05) is 42.5 Å². The first-order valence-electron chi connectivity index (χ1n) is 15.4. The smallest absolute Gasteiger partial charge is 0.319 e. The van der Waals surface area contributed by atoms with Crippen LogP contribution in [0.15, 0.2) is 78.9 Å². The standard InChI is InChI=1S/C35H42N4O6/c1-38(29-17-8-5-9-18-29)33(41)25-45-31-20-11-10-19-30(31)39(24-26-13-6-3-4-7-14-26)32(40)23-36-35(43)37-28-16-12-15-27(21-28)22-34(42)44-2/h5,8-12,15-21,26H,3-4,6-7,13-14,22-25H2,1-2H3,(H2,36,37,43). The zero-order valence-corrected chi connectivity index (χ0v) is 26.0. The van der Waals surface area contributed by atoms with Gasteiger partial charge in [-0.25, -0.2) is 4.79 Å². The first-order valence-corrected chi connectivity index (χ1v) is 15.4. The number of carbonyl (C=O) groups is 4. The second-order valence-corrected chi connectivity index (χ2v) is 11.2. The van der Waals surface area contributed by atoms with E-state index >= 15 is 0 Å². The minimum absolute atomic E-state index is 0.0812. The van der Waals surface area contributed by atoms with Crippen LogP contribution in [0.5, 0.6) is 5.75 Å². The van der Waals surface area contributed by atoms with Gasteiger partial charge in [0.25, 0.3) is 5.91 Å². The second kappa shape index (κ2) is 16.8. The number of urea groups is 1. The predicted molar refractivity (Wildman–Crippen MR) is 175 cm³/mol. The highest BCUT2D eigenvalue weighted by molar-refractivity contribution is 5.99. The lowest BCUT2D eigenvalue weighted by molar-refractivity contribution is -0.139. The van der Waals surface area contributed by atoms with Crippen molar-refractivity contribution in [1.82, 2.24) is 5.32 Å². The molecule has 10 heteroatoms. The average molecular weight is 615 g/mol. The maximum absolute atomic E-state index is 13.8. The quantitative estimate of drug-likeness (QED) is 0.204. The number of anilines is 3. The Bertz CT molecular complexity index is 1440. The molecule has 0 saturated heterocycles. The van der Waals surface area contributed by atoms with E-state index in [0.717, 1.165) is 31.4 Å². The molecule has 0 radical (unpaired) electrons.